The van der Waals surface area contributed by atoms with Crippen LogP contribution in [0.2, 0.25) is 0 Å². The quantitative estimate of drug-likeness (QED) is 0.730. The predicted molar refractivity (Wildman–Crippen MR) is 81.8 cm³/mol. The van der Waals surface area contributed by atoms with Crippen LogP contribution >= 0.6 is 15.9 Å². The van der Waals surface area contributed by atoms with E-state index in [1.54, 1.807) is 25.1 Å². The molecule has 0 aliphatic rings. The Labute approximate surface area is 123 Å². The van der Waals surface area contributed by atoms with Gasteiger partial charge in [0.25, 0.3) is 0 Å². The van der Waals surface area contributed by atoms with Crippen molar-refractivity contribution in [3.63, 3.8) is 0 Å². The maximum atomic E-state index is 14.2. The van der Waals surface area contributed by atoms with E-state index >= 15 is 0 Å². The molecule has 2 N–H and O–H groups in total. The molecule has 0 aliphatic heterocycles. The molecule has 3 nitrogen and oxygen atoms in total. The van der Waals surface area contributed by atoms with Crippen LogP contribution < -0.4 is 5.73 Å². The zero-order chi connectivity index (χ0) is 14.3. The Morgan fingerprint density at radius 1 is 1.15 bits per heavy atom. The molecule has 1 aromatic heterocycles. The summed E-state index contributed by atoms with van der Waals surface area (Å²) in [6.07, 6.45) is 0. The molecule has 2 aromatic carbocycles. The van der Waals surface area contributed by atoms with Crippen LogP contribution in [-0.4, -0.2) is 9.97 Å². The highest BCUT2D eigenvalue weighted by Gasteiger charge is 2.12. The number of aromatic nitrogens is 2. The number of hydrogen-bond acceptors (Lipinski definition) is 3. The number of anilines is 1. The number of hydrogen-bond donors (Lipinski definition) is 1. The lowest BCUT2D eigenvalue weighted by Crippen LogP contribution is -1.99. The SMILES string of the molecule is Cc1cccc(-c2nc(N)c3cc(Br)ccc3n2)c1F. The molecular weight excluding hydrogens is 321 g/mol. The molecular formula is C15H11BrFN3. The average Bonchev–Trinajstić information content (AvgIpc) is 2.42. The van der Waals surface area contributed by atoms with E-state index in [0.29, 0.717) is 28.3 Å². The fourth-order valence-corrected chi connectivity index (χ4v) is 2.43. The lowest BCUT2D eigenvalue weighted by atomic mass is 10.1. The van der Waals surface area contributed by atoms with Gasteiger partial charge in [0.05, 0.1) is 11.1 Å². The molecule has 0 radical (unpaired) electrons. The largest absolute Gasteiger partial charge is 0.383 e. The number of nitrogen functional groups attached to an aromatic ring is 1. The predicted octanol–water partition coefficient (Wildman–Crippen LogP) is 4.09. The summed E-state index contributed by atoms with van der Waals surface area (Å²) in [5.41, 5.74) is 7.57. The molecule has 0 atom stereocenters. The van der Waals surface area contributed by atoms with Crippen LogP contribution in [0.1, 0.15) is 5.56 Å². The Morgan fingerprint density at radius 3 is 2.75 bits per heavy atom. The summed E-state index contributed by atoms with van der Waals surface area (Å²) in [6, 6.07) is 10.7. The normalized spacial score (nSPS) is 10.9. The van der Waals surface area contributed by atoms with Gasteiger partial charge in [-0.05, 0) is 36.8 Å². The smallest absolute Gasteiger partial charge is 0.165 e. The Kier molecular flexibility index (Phi) is 3.14. The third-order valence-electron chi connectivity index (χ3n) is 3.12. The van der Waals surface area contributed by atoms with Crippen molar-refractivity contribution in [2.75, 3.05) is 5.73 Å². The van der Waals surface area contributed by atoms with Gasteiger partial charge in [-0.1, -0.05) is 28.1 Å². The maximum absolute atomic E-state index is 14.2. The van der Waals surface area contributed by atoms with Crippen molar-refractivity contribution >= 4 is 32.7 Å². The fourth-order valence-electron chi connectivity index (χ4n) is 2.06. The number of halogens is 2. The number of nitrogens with two attached hydrogens (primary N) is 1. The zero-order valence-corrected chi connectivity index (χ0v) is 12.3. The van der Waals surface area contributed by atoms with Gasteiger partial charge in [-0.2, -0.15) is 0 Å². The summed E-state index contributed by atoms with van der Waals surface area (Å²) in [7, 11) is 0. The molecule has 0 aliphatic carbocycles. The van der Waals surface area contributed by atoms with Gasteiger partial charge in [-0.3, -0.25) is 0 Å². The molecule has 100 valence electrons. The summed E-state index contributed by atoms with van der Waals surface area (Å²) >= 11 is 3.38. The Hall–Kier alpha value is -2.01. The van der Waals surface area contributed by atoms with E-state index in [-0.39, 0.29) is 5.82 Å². The van der Waals surface area contributed by atoms with Crippen molar-refractivity contribution in [1.82, 2.24) is 9.97 Å². The van der Waals surface area contributed by atoms with Crippen molar-refractivity contribution in [2.45, 2.75) is 6.92 Å². The standard InChI is InChI=1S/C15H11BrFN3/c1-8-3-2-4-10(13(8)17)15-19-12-6-5-9(16)7-11(12)14(18)20-15/h2-7H,1H3,(H2,18,19,20). The van der Waals surface area contributed by atoms with Gasteiger partial charge in [-0.15, -0.1) is 0 Å². The van der Waals surface area contributed by atoms with E-state index in [2.05, 4.69) is 25.9 Å². The number of nitrogens with zero attached hydrogens (tertiary/aromatic N) is 2. The molecule has 3 aromatic rings. The molecule has 1 heterocycles. The molecule has 0 spiro atoms. The molecule has 5 heteroatoms. The topological polar surface area (TPSA) is 51.8 Å². The molecule has 0 amide bonds. The molecule has 0 saturated carbocycles. The van der Waals surface area contributed by atoms with E-state index < -0.39 is 0 Å². The summed E-state index contributed by atoms with van der Waals surface area (Å²) < 4.78 is 15.1. The van der Waals surface area contributed by atoms with Gasteiger partial charge in [0.2, 0.25) is 0 Å². The maximum Gasteiger partial charge on any atom is 0.165 e. The van der Waals surface area contributed by atoms with Crippen molar-refractivity contribution in [1.29, 1.82) is 0 Å². The highest BCUT2D eigenvalue weighted by molar-refractivity contribution is 9.10. The van der Waals surface area contributed by atoms with E-state index in [1.165, 1.54) is 0 Å². The minimum atomic E-state index is -0.316. The van der Waals surface area contributed by atoms with Gasteiger partial charge in [0.1, 0.15) is 11.6 Å². The van der Waals surface area contributed by atoms with E-state index in [1.807, 2.05) is 18.2 Å². The third kappa shape index (κ3) is 2.14. The molecule has 3 rings (SSSR count). The van der Waals surface area contributed by atoms with Crippen LogP contribution in [0.5, 0.6) is 0 Å². The number of fused-ring (bicyclic) bond motifs is 1. The molecule has 0 unspecified atom stereocenters. The van der Waals surface area contributed by atoms with Crippen LogP contribution in [0.4, 0.5) is 10.2 Å². The van der Waals surface area contributed by atoms with Crippen molar-refractivity contribution in [2.24, 2.45) is 0 Å². The first-order valence-electron chi connectivity index (χ1n) is 6.04. The molecule has 0 bridgehead atoms. The zero-order valence-electron chi connectivity index (χ0n) is 10.7. The summed E-state index contributed by atoms with van der Waals surface area (Å²) in [5, 5.41) is 0.746. The van der Waals surface area contributed by atoms with Gasteiger partial charge in [0.15, 0.2) is 5.82 Å². The summed E-state index contributed by atoms with van der Waals surface area (Å²) in [4.78, 5) is 8.62. The number of rotatable bonds is 1. The minimum absolute atomic E-state index is 0.304. The van der Waals surface area contributed by atoms with Crippen molar-refractivity contribution in [3.05, 3.63) is 52.3 Å². The summed E-state index contributed by atoms with van der Waals surface area (Å²) in [6.45, 7) is 1.71. The Bertz CT molecular complexity index is 818. The average molecular weight is 332 g/mol. The molecule has 0 fully saturated rings. The Morgan fingerprint density at radius 2 is 1.95 bits per heavy atom. The third-order valence-corrected chi connectivity index (χ3v) is 3.61. The number of benzene rings is 2. The molecule has 0 saturated heterocycles. The summed E-state index contributed by atoms with van der Waals surface area (Å²) in [5.74, 6) is 0.328. The first kappa shape index (κ1) is 13.0. The van der Waals surface area contributed by atoms with Gasteiger partial charge >= 0.3 is 0 Å². The van der Waals surface area contributed by atoms with Gasteiger partial charge in [-0.25, -0.2) is 14.4 Å². The van der Waals surface area contributed by atoms with Gasteiger partial charge in [0, 0.05) is 9.86 Å². The monoisotopic (exact) mass is 331 g/mol. The van der Waals surface area contributed by atoms with Crippen LogP contribution in [0.3, 0.4) is 0 Å². The first-order valence-corrected chi connectivity index (χ1v) is 6.84. The second-order valence-corrected chi connectivity index (χ2v) is 5.45. The van der Waals surface area contributed by atoms with Crippen LogP contribution in [0.25, 0.3) is 22.3 Å². The highest BCUT2D eigenvalue weighted by atomic mass is 79.9. The molecule has 20 heavy (non-hydrogen) atoms. The second-order valence-electron chi connectivity index (χ2n) is 4.53. The minimum Gasteiger partial charge on any atom is -0.383 e. The lowest BCUT2D eigenvalue weighted by Gasteiger charge is -2.08. The van der Waals surface area contributed by atoms with Gasteiger partial charge < -0.3 is 5.73 Å². The highest BCUT2D eigenvalue weighted by Crippen LogP contribution is 2.27. The van der Waals surface area contributed by atoms with E-state index in [0.717, 1.165) is 9.86 Å². The van der Waals surface area contributed by atoms with E-state index in [4.69, 9.17) is 5.73 Å². The second kappa shape index (κ2) is 4.83. The fraction of sp³-hybridized carbons (Fsp3) is 0.0667. The van der Waals surface area contributed by atoms with Crippen LogP contribution in [-0.2, 0) is 0 Å². The van der Waals surface area contributed by atoms with Crippen LogP contribution in [0.15, 0.2) is 40.9 Å². The van der Waals surface area contributed by atoms with Crippen molar-refractivity contribution in [3.8, 4) is 11.4 Å². The number of aryl methyl sites for hydroxylation is 1. The lowest BCUT2D eigenvalue weighted by molar-refractivity contribution is 0.621. The van der Waals surface area contributed by atoms with E-state index in [9.17, 15) is 4.39 Å². The first-order chi connectivity index (χ1) is 9.56. The Balaban J connectivity index is 2.28. The van der Waals surface area contributed by atoms with Crippen LogP contribution in [0, 0.1) is 12.7 Å². The van der Waals surface area contributed by atoms with Crippen molar-refractivity contribution < 1.29 is 4.39 Å².